The summed E-state index contributed by atoms with van der Waals surface area (Å²) >= 11 is 3.38. The van der Waals surface area contributed by atoms with Crippen LogP contribution in [0.2, 0.25) is 0 Å². The zero-order valence-electron chi connectivity index (χ0n) is 10.8. The summed E-state index contributed by atoms with van der Waals surface area (Å²) < 4.78 is 5.83. The van der Waals surface area contributed by atoms with Gasteiger partial charge in [0.1, 0.15) is 5.75 Å². The van der Waals surface area contributed by atoms with E-state index in [-0.39, 0.29) is 0 Å². The zero-order valence-corrected chi connectivity index (χ0v) is 12.4. The number of carbonyl (C=O) groups is 1. The van der Waals surface area contributed by atoms with Gasteiger partial charge < -0.3 is 15.2 Å². The molecule has 0 bridgehead atoms. The average molecular weight is 336 g/mol. The Bertz CT molecular complexity index is 598. The van der Waals surface area contributed by atoms with Crippen molar-refractivity contribution in [3.63, 3.8) is 0 Å². The summed E-state index contributed by atoms with van der Waals surface area (Å²) in [6, 6.07) is 13.6. The molecule has 2 rings (SSSR count). The number of anilines is 1. The maximum Gasteiger partial charge on any atom is 0.330 e. The van der Waals surface area contributed by atoms with Crippen molar-refractivity contribution in [3.8, 4) is 5.75 Å². The number of carboxylic acids is 1. The molecule has 1 atom stereocenters. The molecule has 0 aliphatic rings. The maximum atomic E-state index is 11.5. The van der Waals surface area contributed by atoms with Gasteiger partial charge >= 0.3 is 5.97 Å². The van der Waals surface area contributed by atoms with Crippen LogP contribution in [0.25, 0.3) is 0 Å². The minimum absolute atomic E-state index is 0.677. The van der Waals surface area contributed by atoms with Crippen molar-refractivity contribution in [2.75, 3.05) is 12.4 Å². The number of methoxy groups -OCH3 is 1. The first kappa shape index (κ1) is 14.4. The molecule has 0 aliphatic carbocycles. The lowest BCUT2D eigenvalue weighted by Crippen LogP contribution is -2.20. The Morgan fingerprint density at radius 1 is 1.20 bits per heavy atom. The number of hydrogen-bond donors (Lipinski definition) is 2. The van der Waals surface area contributed by atoms with Crippen molar-refractivity contribution in [2.45, 2.75) is 6.04 Å². The zero-order chi connectivity index (χ0) is 14.5. The van der Waals surface area contributed by atoms with E-state index in [0.29, 0.717) is 11.3 Å². The smallest absolute Gasteiger partial charge is 0.330 e. The largest absolute Gasteiger partial charge is 0.497 e. The molecular formula is C15H14BrNO3. The van der Waals surface area contributed by atoms with Crippen LogP contribution in [0.5, 0.6) is 5.75 Å². The number of nitrogens with one attached hydrogen (secondary N) is 1. The first-order valence-electron chi connectivity index (χ1n) is 5.99. The summed E-state index contributed by atoms with van der Waals surface area (Å²) in [4.78, 5) is 11.5. The van der Waals surface area contributed by atoms with E-state index < -0.39 is 12.0 Å². The number of carboxylic acid groups (broad SMARTS) is 1. The Labute approximate surface area is 125 Å². The second-order valence-electron chi connectivity index (χ2n) is 4.17. The summed E-state index contributed by atoms with van der Waals surface area (Å²) in [6.07, 6.45) is 0. The van der Waals surface area contributed by atoms with Gasteiger partial charge in [-0.1, -0.05) is 34.1 Å². The van der Waals surface area contributed by atoms with Crippen molar-refractivity contribution < 1.29 is 14.6 Å². The van der Waals surface area contributed by atoms with Crippen LogP contribution in [0.3, 0.4) is 0 Å². The SMILES string of the molecule is COc1ccc(NC(C(=O)O)c2ccccc2Br)cc1. The molecule has 0 radical (unpaired) electrons. The second-order valence-corrected chi connectivity index (χ2v) is 5.02. The van der Waals surface area contributed by atoms with E-state index >= 15 is 0 Å². The molecule has 2 N–H and O–H groups in total. The van der Waals surface area contributed by atoms with Gasteiger partial charge in [-0.15, -0.1) is 0 Å². The highest BCUT2D eigenvalue weighted by Gasteiger charge is 2.21. The second kappa shape index (κ2) is 6.43. The molecule has 0 amide bonds. The standard InChI is InChI=1S/C15H14BrNO3/c1-20-11-8-6-10(7-9-11)17-14(15(18)19)12-4-2-3-5-13(12)16/h2-9,14,17H,1H3,(H,18,19). The fraction of sp³-hybridized carbons (Fsp3) is 0.133. The summed E-state index contributed by atoms with van der Waals surface area (Å²) in [7, 11) is 1.59. The molecule has 2 aromatic carbocycles. The van der Waals surface area contributed by atoms with Crippen molar-refractivity contribution in [1.29, 1.82) is 0 Å². The van der Waals surface area contributed by atoms with Crippen molar-refractivity contribution in [2.24, 2.45) is 0 Å². The van der Waals surface area contributed by atoms with Crippen LogP contribution in [0, 0.1) is 0 Å². The Balaban J connectivity index is 2.26. The Morgan fingerprint density at radius 3 is 2.40 bits per heavy atom. The van der Waals surface area contributed by atoms with Gasteiger partial charge in [-0.2, -0.15) is 0 Å². The summed E-state index contributed by atoms with van der Waals surface area (Å²) in [5.41, 5.74) is 1.39. The molecule has 4 nitrogen and oxygen atoms in total. The van der Waals surface area contributed by atoms with Crippen LogP contribution in [0.15, 0.2) is 53.0 Å². The van der Waals surface area contributed by atoms with Gasteiger partial charge in [-0.05, 0) is 35.9 Å². The third kappa shape index (κ3) is 3.30. The molecule has 0 aromatic heterocycles. The van der Waals surface area contributed by atoms with Gasteiger partial charge in [-0.3, -0.25) is 0 Å². The Hall–Kier alpha value is -2.01. The molecule has 5 heteroatoms. The lowest BCUT2D eigenvalue weighted by atomic mass is 10.1. The maximum absolute atomic E-state index is 11.5. The van der Waals surface area contributed by atoms with E-state index in [1.165, 1.54) is 0 Å². The highest BCUT2D eigenvalue weighted by atomic mass is 79.9. The minimum atomic E-state index is -0.937. The molecule has 0 heterocycles. The third-order valence-electron chi connectivity index (χ3n) is 2.86. The summed E-state index contributed by atoms with van der Waals surface area (Å²) in [5, 5.41) is 12.4. The van der Waals surface area contributed by atoms with Gasteiger partial charge in [0.2, 0.25) is 0 Å². The number of ether oxygens (including phenoxy) is 1. The van der Waals surface area contributed by atoms with Crippen molar-refractivity contribution in [1.82, 2.24) is 0 Å². The number of benzene rings is 2. The Morgan fingerprint density at radius 2 is 1.85 bits per heavy atom. The van der Waals surface area contributed by atoms with Crippen LogP contribution in [0.1, 0.15) is 11.6 Å². The molecule has 0 aliphatic heterocycles. The lowest BCUT2D eigenvalue weighted by Gasteiger charge is -2.17. The predicted molar refractivity (Wildman–Crippen MR) is 81.1 cm³/mol. The quantitative estimate of drug-likeness (QED) is 0.874. The fourth-order valence-corrected chi connectivity index (χ4v) is 2.35. The molecule has 0 saturated carbocycles. The van der Waals surface area contributed by atoms with E-state index in [9.17, 15) is 9.90 Å². The fourth-order valence-electron chi connectivity index (χ4n) is 1.84. The van der Waals surface area contributed by atoms with Crippen LogP contribution in [-0.4, -0.2) is 18.2 Å². The molecule has 1 unspecified atom stereocenters. The van der Waals surface area contributed by atoms with E-state index in [4.69, 9.17) is 4.74 Å². The predicted octanol–water partition coefficient (Wildman–Crippen LogP) is 3.70. The molecule has 0 spiro atoms. The van der Waals surface area contributed by atoms with Crippen LogP contribution in [-0.2, 0) is 4.79 Å². The molecule has 0 saturated heterocycles. The van der Waals surface area contributed by atoms with Gasteiger partial charge in [0.05, 0.1) is 7.11 Å². The van der Waals surface area contributed by atoms with Crippen LogP contribution >= 0.6 is 15.9 Å². The van der Waals surface area contributed by atoms with Gasteiger partial charge in [-0.25, -0.2) is 4.79 Å². The normalized spacial score (nSPS) is 11.7. The monoisotopic (exact) mass is 335 g/mol. The van der Waals surface area contributed by atoms with Crippen molar-refractivity contribution in [3.05, 3.63) is 58.6 Å². The highest BCUT2D eigenvalue weighted by molar-refractivity contribution is 9.10. The number of halogens is 1. The number of rotatable bonds is 5. The minimum Gasteiger partial charge on any atom is -0.497 e. The molecule has 104 valence electrons. The highest BCUT2D eigenvalue weighted by Crippen LogP contribution is 2.27. The first-order valence-corrected chi connectivity index (χ1v) is 6.79. The van der Waals surface area contributed by atoms with E-state index in [1.807, 2.05) is 18.2 Å². The van der Waals surface area contributed by atoms with E-state index in [2.05, 4.69) is 21.2 Å². The number of hydrogen-bond acceptors (Lipinski definition) is 3. The molecule has 0 fully saturated rings. The number of aliphatic carboxylic acids is 1. The Kier molecular flexibility index (Phi) is 4.63. The van der Waals surface area contributed by atoms with Crippen molar-refractivity contribution >= 4 is 27.6 Å². The van der Waals surface area contributed by atoms with E-state index in [1.54, 1.807) is 37.4 Å². The first-order chi connectivity index (χ1) is 9.61. The summed E-state index contributed by atoms with van der Waals surface area (Å²) in [6.45, 7) is 0. The van der Waals surface area contributed by atoms with Crippen LogP contribution in [0.4, 0.5) is 5.69 Å². The average Bonchev–Trinajstić information content (AvgIpc) is 2.46. The summed E-state index contributed by atoms with van der Waals surface area (Å²) in [5.74, 6) is -0.212. The molecule has 20 heavy (non-hydrogen) atoms. The van der Waals surface area contributed by atoms with Gasteiger partial charge in [0, 0.05) is 10.2 Å². The van der Waals surface area contributed by atoms with Gasteiger partial charge in [0.15, 0.2) is 6.04 Å². The lowest BCUT2D eigenvalue weighted by molar-refractivity contribution is -0.138. The van der Waals surface area contributed by atoms with Crippen LogP contribution < -0.4 is 10.1 Å². The molecular weight excluding hydrogens is 322 g/mol. The van der Waals surface area contributed by atoms with E-state index in [0.717, 1.165) is 10.2 Å². The topological polar surface area (TPSA) is 58.6 Å². The molecule has 2 aromatic rings. The van der Waals surface area contributed by atoms with Gasteiger partial charge in [0.25, 0.3) is 0 Å². The third-order valence-corrected chi connectivity index (χ3v) is 3.59.